The van der Waals surface area contributed by atoms with Crippen LogP contribution in [0.2, 0.25) is 0 Å². The van der Waals surface area contributed by atoms with Crippen LogP contribution in [-0.2, 0) is 12.8 Å². The Hall–Kier alpha value is -0.910. The van der Waals surface area contributed by atoms with E-state index >= 15 is 0 Å². The van der Waals surface area contributed by atoms with Crippen molar-refractivity contribution in [2.75, 3.05) is 31.1 Å². The molecule has 0 radical (unpaired) electrons. The van der Waals surface area contributed by atoms with E-state index in [9.17, 15) is 0 Å². The predicted octanol–water partition coefficient (Wildman–Crippen LogP) is 3.77. The molecule has 1 aliphatic carbocycles. The summed E-state index contributed by atoms with van der Waals surface area (Å²) in [4.78, 5) is 15.2. The number of hydrogen-bond acceptors (Lipinski definition) is 5. The summed E-state index contributed by atoms with van der Waals surface area (Å²) in [5, 5.41) is 4.81. The Morgan fingerprint density at radius 1 is 1.21 bits per heavy atom. The molecule has 132 valence electrons. The quantitative estimate of drug-likeness (QED) is 0.878. The van der Waals surface area contributed by atoms with Gasteiger partial charge in [0, 0.05) is 37.0 Å². The minimum atomic E-state index is 0. The zero-order valence-corrected chi connectivity index (χ0v) is 16.4. The van der Waals surface area contributed by atoms with Gasteiger partial charge in [-0.25, -0.2) is 9.97 Å². The maximum Gasteiger partial charge on any atom is 0.141 e. The normalized spacial score (nSPS) is 21.0. The van der Waals surface area contributed by atoms with E-state index in [0.29, 0.717) is 5.92 Å². The van der Waals surface area contributed by atoms with Crippen LogP contribution in [0.1, 0.15) is 49.4 Å². The first kappa shape index (κ1) is 17.9. The van der Waals surface area contributed by atoms with E-state index in [1.807, 2.05) is 11.3 Å². The zero-order chi connectivity index (χ0) is 16.0. The summed E-state index contributed by atoms with van der Waals surface area (Å²) in [5.41, 5.74) is 1.55. The van der Waals surface area contributed by atoms with Gasteiger partial charge >= 0.3 is 0 Å². The number of aryl methyl sites for hydroxylation is 1. The molecule has 1 fully saturated rings. The Labute approximate surface area is 154 Å². The molecule has 1 unspecified atom stereocenters. The lowest BCUT2D eigenvalue weighted by atomic mass is 9.89. The van der Waals surface area contributed by atoms with Crippen LogP contribution in [0.4, 0.5) is 5.82 Å². The summed E-state index contributed by atoms with van der Waals surface area (Å²) in [6.45, 7) is 10.9. The third kappa shape index (κ3) is 3.14. The summed E-state index contributed by atoms with van der Waals surface area (Å²) in [7, 11) is 0. The number of piperazine rings is 1. The number of fused-ring (bicyclic) bond motifs is 3. The molecule has 1 saturated heterocycles. The van der Waals surface area contributed by atoms with E-state index in [1.165, 1.54) is 35.3 Å². The molecule has 6 heteroatoms. The van der Waals surface area contributed by atoms with Crippen molar-refractivity contribution in [1.29, 1.82) is 0 Å². The summed E-state index contributed by atoms with van der Waals surface area (Å²) in [5.74, 6) is 3.37. The average Bonchev–Trinajstić information content (AvgIpc) is 2.91. The van der Waals surface area contributed by atoms with E-state index in [-0.39, 0.29) is 12.4 Å². The lowest BCUT2D eigenvalue weighted by Crippen LogP contribution is -2.44. The Bertz CT molecular complexity index is 721. The number of nitrogens with one attached hydrogen (secondary N) is 1. The number of rotatable bonds is 2. The molecular weight excluding hydrogens is 340 g/mol. The third-order valence-electron chi connectivity index (χ3n) is 5.09. The number of nitrogens with zero attached hydrogens (tertiary/aromatic N) is 3. The van der Waals surface area contributed by atoms with E-state index in [4.69, 9.17) is 9.97 Å². The molecule has 2 aliphatic rings. The molecule has 4 rings (SSSR count). The van der Waals surface area contributed by atoms with Gasteiger partial charge in [0.1, 0.15) is 16.5 Å². The first-order valence-electron chi connectivity index (χ1n) is 8.91. The van der Waals surface area contributed by atoms with Crippen molar-refractivity contribution >= 4 is 39.8 Å². The topological polar surface area (TPSA) is 41.1 Å². The second-order valence-electron chi connectivity index (χ2n) is 7.33. The van der Waals surface area contributed by atoms with Gasteiger partial charge < -0.3 is 10.2 Å². The highest BCUT2D eigenvalue weighted by molar-refractivity contribution is 7.19. The van der Waals surface area contributed by atoms with Gasteiger partial charge in [0.05, 0.1) is 5.39 Å². The predicted molar refractivity (Wildman–Crippen MR) is 105 cm³/mol. The molecular formula is C18H27ClN4S. The molecule has 0 aromatic carbocycles. The molecule has 2 aromatic heterocycles. The van der Waals surface area contributed by atoms with Gasteiger partial charge in [0.2, 0.25) is 0 Å². The Morgan fingerprint density at radius 2 is 1.96 bits per heavy atom. The first-order valence-corrected chi connectivity index (χ1v) is 9.73. The van der Waals surface area contributed by atoms with Crippen LogP contribution >= 0.6 is 23.7 Å². The standard InChI is InChI=1S/C18H26N4S.ClH/c1-11(2)16-20-17(22-8-6-19-7-9-22)15-13-5-4-12(3)10-14(13)23-18(15)21-16;/h11-12,19H,4-10H2,1-3H3;1H. The van der Waals surface area contributed by atoms with Gasteiger partial charge in [0.15, 0.2) is 0 Å². The lowest BCUT2D eigenvalue weighted by Gasteiger charge is -2.30. The minimum absolute atomic E-state index is 0. The summed E-state index contributed by atoms with van der Waals surface area (Å²) in [6, 6.07) is 0. The van der Waals surface area contributed by atoms with E-state index in [0.717, 1.165) is 37.9 Å². The zero-order valence-electron chi connectivity index (χ0n) is 14.8. The van der Waals surface area contributed by atoms with Crippen molar-refractivity contribution in [3.8, 4) is 0 Å². The molecule has 24 heavy (non-hydrogen) atoms. The fraction of sp³-hybridized carbons (Fsp3) is 0.667. The van der Waals surface area contributed by atoms with E-state index in [2.05, 4.69) is 31.0 Å². The first-order chi connectivity index (χ1) is 11.1. The largest absolute Gasteiger partial charge is 0.353 e. The van der Waals surface area contributed by atoms with Crippen LogP contribution in [0, 0.1) is 5.92 Å². The maximum atomic E-state index is 5.02. The molecule has 0 spiro atoms. The van der Waals surface area contributed by atoms with Gasteiger partial charge in [-0.05, 0) is 30.7 Å². The monoisotopic (exact) mass is 366 g/mol. The third-order valence-corrected chi connectivity index (χ3v) is 6.23. The second-order valence-corrected chi connectivity index (χ2v) is 8.41. The smallest absolute Gasteiger partial charge is 0.141 e. The SMILES string of the molecule is CC1CCc2c(sc3nc(C(C)C)nc(N4CCNCC4)c23)C1.Cl. The summed E-state index contributed by atoms with van der Waals surface area (Å²) < 4.78 is 0. The Morgan fingerprint density at radius 3 is 2.67 bits per heavy atom. The van der Waals surface area contributed by atoms with E-state index in [1.54, 1.807) is 10.4 Å². The molecule has 3 heterocycles. The van der Waals surface area contributed by atoms with Crippen LogP contribution in [0.15, 0.2) is 0 Å². The highest BCUT2D eigenvalue weighted by atomic mass is 35.5. The highest BCUT2D eigenvalue weighted by Gasteiger charge is 2.26. The van der Waals surface area contributed by atoms with Crippen molar-refractivity contribution in [2.45, 2.75) is 46.0 Å². The molecule has 2 aromatic rings. The average molecular weight is 367 g/mol. The van der Waals surface area contributed by atoms with Gasteiger partial charge in [-0.3, -0.25) is 0 Å². The Kier molecular flexibility index (Phi) is 5.33. The van der Waals surface area contributed by atoms with Gasteiger partial charge in [-0.2, -0.15) is 0 Å². The van der Waals surface area contributed by atoms with Crippen LogP contribution < -0.4 is 10.2 Å². The molecule has 4 nitrogen and oxygen atoms in total. The van der Waals surface area contributed by atoms with Crippen LogP contribution in [0.5, 0.6) is 0 Å². The number of aromatic nitrogens is 2. The van der Waals surface area contributed by atoms with Gasteiger partial charge in [-0.15, -0.1) is 23.7 Å². The fourth-order valence-corrected chi connectivity index (χ4v) is 5.09. The van der Waals surface area contributed by atoms with Crippen LogP contribution in [-0.4, -0.2) is 36.1 Å². The van der Waals surface area contributed by atoms with Crippen molar-refractivity contribution in [1.82, 2.24) is 15.3 Å². The van der Waals surface area contributed by atoms with Gasteiger partial charge in [-0.1, -0.05) is 20.8 Å². The van der Waals surface area contributed by atoms with Crippen molar-refractivity contribution in [3.63, 3.8) is 0 Å². The molecule has 1 aliphatic heterocycles. The number of halogens is 1. The van der Waals surface area contributed by atoms with Crippen LogP contribution in [0.3, 0.4) is 0 Å². The molecule has 1 atom stereocenters. The summed E-state index contributed by atoms with van der Waals surface area (Å²) >= 11 is 1.92. The molecule has 0 bridgehead atoms. The lowest BCUT2D eigenvalue weighted by molar-refractivity contribution is 0.509. The van der Waals surface area contributed by atoms with Crippen molar-refractivity contribution < 1.29 is 0 Å². The van der Waals surface area contributed by atoms with Crippen molar-refractivity contribution in [2.24, 2.45) is 5.92 Å². The van der Waals surface area contributed by atoms with Gasteiger partial charge in [0.25, 0.3) is 0 Å². The second kappa shape index (κ2) is 7.14. The fourth-order valence-electron chi connectivity index (χ4n) is 3.70. The highest BCUT2D eigenvalue weighted by Crippen LogP contribution is 2.41. The van der Waals surface area contributed by atoms with E-state index < -0.39 is 0 Å². The molecule has 0 saturated carbocycles. The number of thiophene rings is 1. The van der Waals surface area contributed by atoms with Crippen molar-refractivity contribution in [3.05, 3.63) is 16.3 Å². The van der Waals surface area contributed by atoms with Crippen LogP contribution in [0.25, 0.3) is 10.2 Å². The number of anilines is 1. The Balaban J connectivity index is 0.00000169. The summed E-state index contributed by atoms with van der Waals surface area (Å²) in [6.07, 6.45) is 3.71. The maximum absolute atomic E-state index is 5.02. The molecule has 1 N–H and O–H groups in total. The number of hydrogen-bond donors (Lipinski definition) is 1. The minimum Gasteiger partial charge on any atom is -0.353 e. The molecule has 0 amide bonds.